The van der Waals surface area contributed by atoms with Gasteiger partial charge in [-0.05, 0) is 66.7 Å². The molecule has 7 heteroatoms. The molecule has 0 aliphatic heterocycles. The van der Waals surface area contributed by atoms with Crippen molar-refractivity contribution in [2.45, 2.75) is 80.1 Å². The van der Waals surface area contributed by atoms with Gasteiger partial charge < -0.3 is 29.1 Å². The zero-order chi connectivity index (χ0) is 29.9. The molecular formula is C34H48NO6+. The van der Waals surface area contributed by atoms with E-state index < -0.39 is 0 Å². The van der Waals surface area contributed by atoms with E-state index in [9.17, 15) is 9.90 Å². The fourth-order valence-corrected chi connectivity index (χ4v) is 4.77. The third-order valence-electron chi connectivity index (χ3n) is 7.05. The van der Waals surface area contributed by atoms with Crippen LogP contribution >= 0.6 is 0 Å². The van der Waals surface area contributed by atoms with Gasteiger partial charge in [-0.25, -0.2) is 0 Å². The highest BCUT2D eigenvalue weighted by Crippen LogP contribution is 2.41. The summed E-state index contributed by atoms with van der Waals surface area (Å²) in [5.41, 5.74) is 3.88. The van der Waals surface area contributed by atoms with E-state index in [2.05, 4.69) is 19.2 Å². The summed E-state index contributed by atoms with van der Waals surface area (Å²) in [7, 11) is 1.58. The Labute approximate surface area is 244 Å². The number of nitrogens with two attached hydrogens (primary N) is 1. The van der Waals surface area contributed by atoms with Crippen LogP contribution in [0.5, 0.6) is 23.0 Å². The highest BCUT2D eigenvalue weighted by Gasteiger charge is 2.24. The maximum Gasteiger partial charge on any atom is 0.204 e. The number of phenols is 1. The number of benzene rings is 2. The highest BCUT2D eigenvalue weighted by atomic mass is 16.5. The van der Waals surface area contributed by atoms with Gasteiger partial charge in [0.1, 0.15) is 28.1 Å². The minimum atomic E-state index is -0.297. The van der Waals surface area contributed by atoms with Crippen molar-refractivity contribution in [1.29, 1.82) is 0 Å². The molecule has 41 heavy (non-hydrogen) atoms. The number of rotatable bonds is 16. The first-order valence-electron chi connectivity index (χ1n) is 14.9. The number of ether oxygens (including phenoxy) is 3. The summed E-state index contributed by atoms with van der Waals surface area (Å²) < 4.78 is 24.5. The molecule has 3 rings (SSSR count). The van der Waals surface area contributed by atoms with Crippen LogP contribution in [-0.2, 0) is 12.8 Å². The van der Waals surface area contributed by atoms with Crippen molar-refractivity contribution >= 4 is 21.9 Å². The van der Waals surface area contributed by atoms with Gasteiger partial charge in [-0.2, -0.15) is 0 Å². The first-order valence-corrected chi connectivity index (χ1v) is 14.9. The number of fused-ring (bicyclic) bond motifs is 2. The monoisotopic (exact) mass is 566 g/mol. The van der Waals surface area contributed by atoms with Gasteiger partial charge in [-0.15, -0.1) is 0 Å². The van der Waals surface area contributed by atoms with Gasteiger partial charge in [0.15, 0.2) is 11.5 Å². The van der Waals surface area contributed by atoms with Crippen molar-refractivity contribution in [3.8, 4) is 23.0 Å². The van der Waals surface area contributed by atoms with E-state index in [-0.39, 0.29) is 22.1 Å². The summed E-state index contributed by atoms with van der Waals surface area (Å²) in [5.74, 6) is 1.49. The van der Waals surface area contributed by atoms with E-state index in [0.29, 0.717) is 65.4 Å². The van der Waals surface area contributed by atoms with Crippen LogP contribution in [0.4, 0.5) is 0 Å². The lowest BCUT2D eigenvalue weighted by atomic mass is 9.98. The Kier molecular flexibility index (Phi) is 12.1. The second-order valence-electron chi connectivity index (χ2n) is 11.0. The first-order chi connectivity index (χ1) is 19.7. The lowest BCUT2D eigenvalue weighted by molar-refractivity contribution is -0.652. The topological polar surface area (TPSA) is 94.7 Å². The molecule has 0 aliphatic rings. The molecule has 0 fully saturated rings. The van der Waals surface area contributed by atoms with Crippen LogP contribution in [0, 0.1) is 0 Å². The van der Waals surface area contributed by atoms with Gasteiger partial charge in [0.05, 0.1) is 38.8 Å². The molecule has 2 aromatic carbocycles. The number of unbranched alkanes of at least 4 members (excludes halogenated alkanes) is 2. The molecule has 0 aliphatic carbocycles. The largest absolute Gasteiger partial charge is 0.507 e. The van der Waals surface area contributed by atoms with E-state index in [1.54, 1.807) is 19.2 Å². The maximum absolute atomic E-state index is 14.2. The van der Waals surface area contributed by atoms with E-state index in [0.717, 1.165) is 49.9 Å². The smallest absolute Gasteiger partial charge is 0.204 e. The highest BCUT2D eigenvalue weighted by molar-refractivity contribution is 5.98. The summed E-state index contributed by atoms with van der Waals surface area (Å²) in [6.07, 6.45) is 8.80. The van der Waals surface area contributed by atoms with E-state index in [1.807, 2.05) is 39.8 Å². The third-order valence-corrected chi connectivity index (χ3v) is 7.05. The summed E-state index contributed by atoms with van der Waals surface area (Å²) >= 11 is 0. The van der Waals surface area contributed by atoms with Crippen LogP contribution in [-0.4, -0.2) is 38.5 Å². The van der Waals surface area contributed by atoms with Crippen LogP contribution in [0.2, 0.25) is 0 Å². The molecule has 0 bridgehead atoms. The molecule has 1 heterocycles. The number of aromatic hydroxyl groups is 1. The standard InChI is InChI=1S/C34H47NO6/c1-8-10-18-40-29-21-27-30(25(34(29)38-7)16-14-23(5)6)33(37)31-28(41-27)20-26(39-19-12-11-17-35-9-2)24(32(31)36)15-13-22(3)4/h13-14,20-21,35-36H,8-12,15-19H2,1-7H3/p+1. The molecule has 1 aromatic heterocycles. The van der Waals surface area contributed by atoms with Crippen molar-refractivity contribution in [2.24, 2.45) is 0 Å². The van der Waals surface area contributed by atoms with Gasteiger partial charge >= 0.3 is 0 Å². The third kappa shape index (κ3) is 8.07. The number of allylic oxidation sites excluding steroid dienone is 4. The van der Waals surface area contributed by atoms with Gasteiger partial charge in [0.25, 0.3) is 0 Å². The molecule has 3 aromatic rings. The molecule has 0 spiro atoms. The average molecular weight is 567 g/mol. The summed E-state index contributed by atoms with van der Waals surface area (Å²) in [5, 5.41) is 14.4. The summed E-state index contributed by atoms with van der Waals surface area (Å²) in [6.45, 7) is 15.4. The van der Waals surface area contributed by atoms with Gasteiger partial charge in [0, 0.05) is 23.3 Å². The fraction of sp³-hybridized carbons (Fsp3) is 0.500. The molecule has 0 unspecified atom stereocenters. The molecule has 224 valence electrons. The number of methoxy groups -OCH3 is 1. The van der Waals surface area contributed by atoms with Crippen LogP contribution in [0.15, 0.2) is 44.6 Å². The molecule has 0 atom stereocenters. The van der Waals surface area contributed by atoms with Gasteiger partial charge in [-0.1, -0.05) is 36.6 Å². The first kappa shape index (κ1) is 32.1. The zero-order valence-electron chi connectivity index (χ0n) is 25.9. The Morgan fingerprint density at radius 1 is 0.878 bits per heavy atom. The SMILES string of the molecule is CCCCOc1cc2oc3cc(OCCCC[NH2+]CC)c(CC=C(C)C)c(O)c3c(=O)c2c(CC=C(C)C)c1OC. The van der Waals surface area contributed by atoms with Gasteiger partial charge in [-0.3, -0.25) is 4.79 Å². The van der Waals surface area contributed by atoms with Crippen LogP contribution in [0.1, 0.15) is 78.4 Å². The minimum Gasteiger partial charge on any atom is -0.507 e. The average Bonchev–Trinajstić information content (AvgIpc) is 2.92. The summed E-state index contributed by atoms with van der Waals surface area (Å²) in [4.78, 5) is 14.2. The zero-order valence-corrected chi connectivity index (χ0v) is 25.9. The van der Waals surface area contributed by atoms with Crippen LogP contribution in [0.3, 0.4) is 0 Å². The van der Waals surface area contributed by atoms with Gasteiger partial charge in [0.2, 0.25) is 5.43 Å². The number of quaternary nitrogens is 1. The Bertz CT molecular complexity index is 1440. The maximum atomic E-state index is 14.2. The van der Waals surface area contributed by atoms with Crippen molar-refractivity contribution in [2.75, 3.05) is 33.4 Å². The van der Waals surface area contributed by atoms with Crippen LogP contribution in [0.25, 0.3) is 21.9 Å². The molecular weight excluding hydrogens is 518 g/mol. The fourth-order valence-electron chi connectivity index (χ4n) is 4.77. The molecule has 0 radical (unpaired) electrons. The lowest BCUT2D eigenvalue weighted by Gasteiger charge is -2.18. The van der Waals surface area contributed by atoms with E-state index in [1.165, 1.54) is 0 Å². The normalized spacial score (nSPS) is 11.1. The van der Waals surface area contributed by atoms with Crippen molar-refractivity contribution in [3.05, 3.63) is 56.8 Å². The van der Waals surface area contributed by atoms with Crippen LogP contribution < -0.4 is 25.0 Å². The number of phenolic OH excluding ortho intramolecular Hbond substituents is 1. The molecule has 0 saturated heterocycles. The summed E-state index contributed by atoms with van der Waals surface area (Å²) in [6, 6.07) is 3.48. The predicted octanol–water partition coefficient (Wildman–Crippen LogP) is 6.60. The second-order valence-corrected chi connectivity index (χ2v) is 11.0. The van der Waals surface area contributed by atoms with E-state index >= 15 is 0 Å². The number of hydrogen-bond donors (Lipinski definition) is 2. The number of hydrogen-bond acceptors (Lipinski definition) is 6. The molecule has 0 saturated carbocycles. The Morgan fingerprint density at radius 3 is 2.12 bits per heavy atom. The van der Waals surface area contributed by atoms with Crippen molar-refractivity contribution in [3.63, 3.8) is 0 Å². The van der Waals surface area contributed by atoms with Crippen molar-refractivity contribution in [1.82, 2.24) is 0 Å². The molecule has 7 nitrogen and oxygen atoms in total. The van der Waals surface area contributed by atoms with E-state index in [4.69, 9.17) is 18.6 Å². The Balaban J connectivity index is 2.25. The molecule has 3 N–H and O–H groups in total. The predicted molar refractivity (Wildman–Crippen MR) is 167 cm³/mol. The second kappa shape index (κ2) is 15.5. The molecule has 0 amide bonds. The Morgan fingerprint density at radius 2 is 1.49 bits per heavy atom. The quantitative estimate of drug-likeness (QED) is 0.115. The lowest BCUT2D eigenvalue weighted by Crippen LogP contribution is -2.83. The minimum absolute atomic E-state index is 0.0969. The Hall–Kier alpha value is -3.45. The van der Waals surface area contributed by atoms with Crippen molar-refractivity contribution < 1.29 is 29.1 Å².